The Labute approximate surface area is 106 Å². The molecule has 0 radical (unpaired) electrons. The van der Waals surface area contributed by atoms with Crippen LogP contribution in [0.5, 0.6) is 0 Å². The molecule has 0 atom stereocenters. The number of carbonyl (C=O) groups excluding carboxylic acids is 1. The van der Waals surface area contributed by atoms with Gasteiger partial charge in [0.05, 0.1) is 0 Å². The van der Waals surface area contributed by atoms with Crippen molar-refractivity contribution in [1.82, 2.24) is 0 Å². The molecule has 98 valence electrons. The van der Waals surface area contributed by atoms with E-state index in [-0.39, 0.29) is 0 Å². The molecule has 2 heteroatoms. The lowest BCUT2D eigenvalue weighted by molar-refractivity contribution is 0.159. The van der Waals surface area contributed by atoms with E-state index in [9.17, 15) is 0 Å². The third kappa shape index (κ3) is 5.04. The number of hydrogen-bond acceptors (Lipinski definition) is 2. The first-order valence-corrected chi connectivity index (χ1v) is 7.33. The maximum Gasteiger partial charge on any atom is 0.231 e. The molecule has 0 spiro atoms. The molecule has 0 aromatic heterocycles. The average molecular weight is 237 g/mol. The normalized spacial score (nSPS) is 22.7. The van der Waals surface area contributed by atoms with Gasteiger partial charge in [-0.3, -0.25) is 0 Å². The lowest BCUT2D eigenvalue weighted by Crippen LogP contribution is -2.24. The molecule has 2 aliphatic rings. The van der Waals surface area contributed by atoms with Crippen molar-refractivity contribution in [2.75, 3.05) is 0 Å². The first-order valence-electron chi connectivity index (χ1n) is 7.33. The van der Waals surface area contributed by atoms with Gasteiger partial charge in [-0.05, 0) is 17.8 Å². The van der Waals surface area contributed by atoms with Crippen molar-refractivity contribution in [2.24, 2.45) is 17.8 Å². The summed E-state index contributed by atoms with van der Waals surface area (Å²) >= 11 is 0. The van der Waals surface area contributed by atoms with E-state index in [1.807, 2.05) is 0 Å². The van der Waals surface area contributed by atoms with Gasteiger partial charge in [-0.1, -0.05) is 71.1 Å². The van der Waals surface area contributed by atoms with E-state index in [2.05, 4.69) is 6.92 Å². The Kier molecular flexibility index (Phi) is 7.19. The van der Waals surface area contributed by atoms with Gasteiger partial charge in [0.15, 0.2) is 0 Å². The van der Waals surface area contributed by atoms with Gasteiger partial charge < -0.3 is 0 Å². The molecule has 2 nitrogen and oxygen atoms in total. The van der Waals surface area contributed by atoms with E-state index >= 15 is 0 Å². The number of hydrogen-bond donors (Lipinski definition) is 1. The molecule has 2 aliphatic carbocycles. The Morgan fingerprint density at radius 2 is 1.18 bits per heavy atom. The van der Waals surface area contributed by atoms with E-state index in [0.717, 1.165) is 23.8 Å². The van der Waals surface area contributed by atoms with Crippen LogP contribution in [0.2, 0.25) is 0 Å². The van der Waals surface area contributed by atoms with Crippen molar-refractivity contribution < 1.29 is 4.79 Å². The van der Waals surface area contributed by atoms with Gasteiger partial charge in [0.2, 0.25) is 6.08 Å². The summed E-state index contributed by atoms with van der Waals surface area (Å²) in [5.74, 6) is 3.22. The topological polar surface area (TPSA) is 40.9 Å². The molecule has 17 heavy (non-hydrogen) atoms. The summed E-state index contributed by atoms with van der Waals surface area (Å²) in [6.07, 6.45) is 16.0. The second-order valence-electron chi connectivity index (χ2n) is 5.76. The van der Waals surface area contributed by atoms with E-state index in [1.54, 1.807) is 0 Å². The fourth-order valence-corrected chi connectivity index (χ4v) is 3.70. The summed E-state index contributed by atoms with van der Waals surface area (Å²) in [7, 11) is 0. The van der Waals surface area contributed by atoms with Crippen LogP contribution in [0.15, 0.2) is 0 Å². The number of isocyanates is 1. The van der Waals surface area contributed by atoms with Crippen LogP contribution in [-0.4, -0.2) is 6.08 Å². The van der Waals surface area contributed by atoms with Crippen LogP contribution in [-0.2, 0) is 4.79 Å². The lowest BCUT2D eigenvalue weighted by atomic mass is 9.71. The van der Waals surface area contributed by atoms with Crippen LogP contribution in [0, 0.1) is 23.2 Å². The smallest absolute Gasteiger partial charge is 0.222 e. The highest BCUT2D eigenvalue weighted by Gasteiger charge is 2.27. The third-order valence-electron chi connectivity index (χ3n) is 4.79. The van der Waals surface area contributed by atoms with E-state index in [4.69, 9.17) is 10.2 Å². The van der Waals surface area contributed by atoms with Crippen LogP contribution in [0.3, 0.4) is 0 Å². The van der Waals surface area contributed by atoms with Gasteiger partial charge in [-0.2, -0.15) is 0 Å². The van der Waals surface area contributed by atoms with Crippen LogP contribution in [0.4, 0.5) is 0 Å². The zero-order chi connectivity index (χ0) is 12.5. The number of rotatable bonds is 2. The molecule has 2 rings (SSSR count). The Morgan fingerprint density at radius 1 is 0.882 bits per heavy atom. The zero-order valence-electron chi connectivity index (χ0n) is 11.2. The minimum atomic E-state index is 0.750. The van der Waals surface area contributed by atoms with Gasteiger partial charge >= 0.3 is 0 Å². The van der Waals surface area contributed by atoms with Gasteiger partial charge in [-0.15, -0.1) is 0 Å². The van der Waals surface area contributed by atoms with Crippen LogP contribution in [0.25, 0.3) is 0 Å². The quantitative estimate of drug-likeness (QED) is 0.549. The fraction of sp³-hybridized carbons (Fsp3) is 0.933. The molecule has 0 saturated heterocycles. The van der Waals surface area contributed by atoms with Crippen molar-refractivity contribution in [2.45, 2.75) is 71.1 Å². The van der Waals surface area contributed by atoms with Crippen molar-refractivity contribution >= 4 is 6.08 Å². The predicted octanol–water partition coefficient (Wildman–Crippen LogP) is 4.68. The summed E-state index contributed by atoms with van der Waals surface area (Å²) in [4.78, 5) is 8.35. The van der Waals surface area contributed by atoms with E-state index in [0.29, 0.717) is 0 Å². The van der Waals surface area contributed by atoms with Crippen molar-refractivity contribution in [3.05, 3.63) is 0 Å². The van der Waals surface area contributed by atoms with E-state index in [1.165, 1.54) is 64.2 Å². The molecule has 0 bridgehead atoms. The predicted molar refractivity (Wildman–Crippen MR) is 70.7 cm³/mol. The standard InChI is InChI=1S/C14H26.CHNO/c1-12(13-8-4-2-5-9-13)14-10-6-3-7-11-14;2-1-3/h12-14H,2-11H2,1H3;2H. The summed E-state index contributed by atoms with van der Waals surface area (Å²) < 4.78 is 0. The summed E-state index contributed by atoms with van der Waals surface area (Å²) in [5.41, 5.74) is 0. The molecule has 0 unspecified atom stereocenters. The summed E-state index contributed by atoms with van der Waals surface area (Å²) in [6.45, 7) is 2.55. The molecule has 0 heterocycles. The monoisotopic (exact) mass is 237 g/mol. The summed E-state index contributed by atoms with van der Waals surface area (Å²) in [5, 5.41) is 5.40. The molecular weight excluding hydrogens is 210 g/mol. The Hall–Kier alpha value is -0.620. The molecule has 2 saturated carbocycles. The van der Waals surface area contributed by atoms with E-state index < -0.39 is 0 Å². The highest BCUT2D eigenvalue weighted by molar-refractivity contribution is 5.26. The van der Waals surface area contributed by atoms with Gasteiger partial charge in [0, 0.05) is 0 Å². The molecule has 2 fully saturated rings. The summed E-state index contributed by atoms with van der Waals surface area (Å²) in [6, 6.07) is 0. The SMILES string of the molecule is CC(C1CCCCC1)C1CCCCC1.N=C=O. The fourth-order valence-electron chi connectivity index (χ4n) is 3.70. The van der Waals surface area contributed by atoms with Gasteiger partial charge in [0.1, 0.15) is 0 Å². The Balaban J connectivity index is 0.000000437. The molecule has 0 amide bonds. The van der Waals surface area contributed by atoms with Gasteiger partial charge in [0.25, 0.3) is 0 Å². The minimum absolute atomic E-state index is 0.750. The minimum Gasteiger partial charge on any atom is -0.222 e. The largest absolute Gasteiger partial charge is 0.231 e. The van der Waals surface area contributed by atoms with Crippen molar-refractivity contribution in [1.29, 1.82) is 5.41 Å². The second-order valence-corrected chi connectivity index (χ2v) is 5.76. The highest BCUT2D eigenvalue weighted by atomic mass is 16.1. The molecule has 0 aromatic rings. The third-order valence-corrected chi connectivity index (χ3v) is 4.79. The first-order chi connectivity index (χ1) is 8.29. The molecule has 0 aliphatic heterocycles. The molecular formula is C15H27NO. The molecule has 1 N–H and O–H groups in total. The average Bonchev–Trinajstić information content (AvgIpc) is 2.41. The Bertz CT molecular complexity index is 203. The van der Waals surface area contributed by atoms with Crippen molar-refractivity contribution in [3.63, 3.8) is 0 Å². The van der Waals surface area contributed by atoms with Crippen LogP contribution >= 0.6 is 0 Å². The zero-order valence-corrected chi connectivity index (χ0v) is 11.2. The number of nitrogens with one attached hydrogen (secondary N) is 1. The van der Waals surface area contributed by atoms with Crippen LogP contribution in [0.1, 0.15) is 71.1 Å². The highest BCUT2D eigenvalue weighted by Crippen LogP contribution is 2.39. The van der Waals surface area contributed by atoms with Crippen molar-refractivity contribution in [3.8, 4) is 0 Å². The van der Waals surface area contributed by atoms with Crippen LogP contribution < -0.4 is 0 Å². The first kappa shape index (κ1) is 14.4. The second kappa shape index (κ2) is 8.47. The maximum absolute atomic E-state index is 8.35. The molecule has 0 aromatic carbocycles. The lowest BCUT2D eigenvalue weighted by Gasteiger charge is -2.35. The Morgan fingerprint density at radius 3 is 1.47 bits per heavy atom. The maximum atomic E-state index is 8.35. The van der Waals surface area contributed by atoms with Gasteiger partial charge in [-0.25, -0.2) is 10.2 Å².